The number of rotatable bonds is 5. The minimum absolute atomic E-state index is 0.170. The molecule has 1 fully saturated rings. The highest BCUT2D eigenvalue weighted by Crippen LogP contribution is 2.18. The molecule has 0 bridgehead atoms. The molecule has 94 valence electrons. The van der Waals surface area contributed by atoms with Gasteiger partial charge in [-0.1, -0.05) is 0 Å². The quantitative estimate of drug-likeness (QED) is 0.697. The Morgan fingerprint density at radius 1 is 1.62 bits per heavy atom. The molecular formula is C11H22N2O3. The van der Waals surface area contributed by atoms with Crippen LogP contribution in [0.1, 0.15) is 13.8 Å². The summed E-state index contributed by atoms with van der Waals surface area (Å²) in [6, 6.07) is 0. The van der Waals surface area contributed by atoms with E-state index < -0.39 is 11.4 Å². The Morgan fingerprint density at radius 3 is 2.88 bits per heavy atom. The maximum absolute atomic E-state index is 11.0. The molecule has 1 saturated heterocycles. The highest BCUT2D eigenvalue weighted by atomic mass is 16.5. The molecule has 0 amide bonds. The number of aliphatic carboxylic acids is 1. The van der Waals surface area contributed by atoms with Crippen LogP contribution in [0.4, 0.5) is 0 Å². The van der Waals surface area contributed by atoms with Crippen LogP contribution in [0, 0.1) is 5.41 Å². The summed E-state index contributed by atoms with van der Waals surface area (Å²) in [5, 5.41) is 12.1. The zero-order valence-electron chi connectivity index (χ0n) is 10.3. The highest BCUT2D eigenvalue weighted by Gasteiger charge is 2.31. The molecule has 0 aromatic carbocycles. The van der Waals surface area contributed by atoms with Crippen molar-refractivity contribution in [3.8, 4) is 0 Å². The van der Waals surface area contributed by atoms with E-state index in [4.69, 9.17) is 9.84 Å². The Balaban J connectivity index is 2.45. The van der Waals surface area contributed by atoms with Crippen molar-refractivity contribution in [2.45, 2.75) is 20.0 Å². The van der Waals surface area contributed by atoms with Gasteiger partial charge >= 0.3 is 5.97 Å². The zero-order valence-corrected chi connectivity index (χ0v) is 10.3. The molecule has 1 aliphatic rings. The van der Waals surface area contributed by atoms with Crippen molar-refractivity contribution in [3.63, 3.8) is 0 Å². The number of carboxylic acids is 1. The molecule has 1 heterocycles. The van der Waals surface area contributed by atoms with Gasteiger partial charge in [-0.05, 0) is 20.9 Å². The molecule has 1 atom stereocenters. The van der Waals surface area contributed by atoms with Crippen LogP contribution in [0.15, 0.2) is 0 Å². The maximum atomic E-state index is 11.0. The minimum Gasteiger partial charge on any atom is -0.481 e. The minimum atomic E-state index is -0.746. The van der Waals surface area contributed by atoms with Gasteiger partial charge < -0.3 is 15.2 Å². The molecular weight excluding hydrogens is 208 g/mol. The van der Waals surface area contributed by atoms with Crippen LogP contribution >= 0.6 is 0 Å². The molecule has 2 N–H and O–H groups in total. The number of ether oxygens (including phenoxy) is 1. The summed E-state index contributed by atoms with van der Waals surface area (Å²) >= 11 is 0. The van der Waals surface area contributed by atoms with Gasteiger partial charge in [-0.25, -0.2) is 0 Å². The summed E-state index contributed by atoms with van der Waals surface area (Å²) in [6.45, 7) is 7.21. The van der Waals surface area contributed by atoms with Crippen LogP contribution < -0.4 is 5.32 Å². The van der Waals surface area contributed by atoms with Gasteiger partial charge in [-0.2, -0.15) is 0 Å². The van der Waals surface area contributed by atoms with Crippen molar-refractivity contribution in [1.29, 1.82) is 0 Å². The number of hydrogen-bond donors (Lipinski definition) is 2. The van der Waals surface area contributed by atoms with E-state index in [1.165, 1.54) is 0 Å². The molecule has 0 aromatic heterocycles. The second-order valence-electron chi connectivity index (χ2n) is 4.97. The average molecular weight is 230 g/mol. The lowest BCUT2D eigenvalue weighted by atomic mass is 9.93. The van der Waals surface area contributed by atoms with Crippen molar-refractivity contribution in [2.24, 2.45) is 5.41 Å². The van der Waals surface area contributed by atoms with Crippen molar-refractivity contribution in [1.82, 2.24) is 10.2 Å². The summed E-state index contributed by atoms with van der Waals surface area (Å²) in [7, 11) is 1.89. The summed E-state index contributed by atoms with van der Waals surface area (Å²) in [6.07, 6.45) is 0.170. The van der Waals surface area contributed by atoms with Crippen molar-refractivity contribution < 1.29 is 14.6 Å². The van der Waals surface area contributed by atoms with Gasteiger partial charge in [0.1, 0.15) is 0 Å². The molecule has 16 heavy (non-hydrogen) atoms. The predicted molar refractivity (Wildman–Crippen MR) is 61.5 cm³/mol. The smallest absolute Gasteiger partial charge is 0.310 e. The summed E-state index contributed by atoms with van der Waals surface area (Å²) < 4.78 is 5.57. The van der Waals surface area contributed by atoms with E-state index in [9.17, 15) is 4.79 Å². The van der Waals surface area contributed by atoms with Crippen LogP contribution in [0.2, 0.25) is 0 Å². The molecule has 0 spiro atoms. The number of hydrogen-bond acceptors (Lipinski definition) is 4. The van der Waals surface area contributed by atoms with E-state index >= 15 is 0 Å². The van der Waals surface area contributed by atoms with E-state index in [2.05, 4.69) is 10.2 Å². The second kappa shape index (κ2) is 5.61. The topological polar surface area (TPSA) is 61.8 Å². The van der Waals surface area contributed by atoms with Gasteiger partial charge in [0.05, 0.1) is 18.1 Å². The summed E-state index contributed by atoms with van der Waals surface area (Å²) in [4.78, 5) is 13.2. The van der Waals surface area contributed by atoms with Gasteiger partial charge in [-0.3, -0.25) is 9.69 Å². The first kappa shape index (κ1) is 13.4. The fourth-order valence-electron chi connectivity index (χ4n) is 1.90. The number of nitrogens with zero attached hydrogens (tertiary/aromatic N) is 1. The first-order chi connectivity index (χ1) is 7.45. The summed E-state index contributed by atoms with van der Waals surface area (Å²) in [5.41, 5.74) is -0.693. The Kier molecular flexibility index (Phi) is 4.70. The highest BCUT2D eigenvalue weighted by molar-refractivity contribution is 5.73. The monoisotopic (exact) mass is 230 g/mol. The third kappa shape index (κ3) is 3.73. The molecule has 5 heteroatoms. The number of carbonyl (C=O) groups is 1. The Hall–Kier alpha value is -0.650. The van der Waals surface area contributed by atoms with Crippen molar-refractivity contribution >= 4 is 5.97 Å². The Bertz CT molecular complexity index is 241. The van der Waals surface area contributed by atoms with Crippen LogP contribution in [0.5, 0.6) is 0 Å². The van der Waals surface area contributed by atoms with Crippen LogP contribution in [-0.4, -0.2) is 61.9 Å². The lowest BCUT2D eigenvalue weighted by molar-refractivity contribution is -0.149. The molecule has 0 aromatic rings. The van der Waals surface area contributed by atoms with Crippen LogP contribution in [0.3, 0.4) is 0 Å². The fraction of sp³-hybridized carbons (Fsp3) is 0.909. The van der Waals surface area contributed by atoms with E-state index in [-0.39, 0.29) is 6.10 Å². The van der Waals surface area contributed by atoms with Crippen molar-refractivity contribution in [3.05, 3.63) is 0 Å². The molecule has 0 aliphatic carbocycles. The molecule has 5 nitrogen and oxygen atoms in total. The Morgan fingerprint density at radius 2 is 2.31 bits per heavy atom. The van der Waals surface area contributed by atoms with Gasteiger partial charge in [0.15, 0.2) is 0 Å². The number of likely N-dealkylation sites (N-methyl/N-ethyl adjacent to an activating group) is 1. The second-order valence-corrected chi connectivity index (χ2v) is 4.97. The van der Waals surface area contributed by atoms with Gasteiger partial charge in [-0.15, -0.1) is 0 Å². The third-order valence-electron chi connectivity index (χ3n) is 2.85. The number of nitrogens with one attached hydrogen (secondary N) is 1. The van der Waals surface area contributed by atoms with E-state index in [1.807, 2.05) is 7.05 Å². The maximum Gasteiger partial charge on any atom is 0.310 e. The van der Waals surface area contributed by atoms with Gasteiger partial charge in [0, 0.05) is 26.2 Å². The molecule has 0 saturated carbocycles. The van der Waals surface area contributed by atoms with Crippen LogP contribution in [0.25, 0.3) is 0 Å². The largest absolute Gasteiger partial charge is 0.481 e. The van der Waals surface area contributed by atoms with Crippen LogP contribution in [-0.2, 0) is 9.53 Å². The lowest BCUT2D eigenvalue weighted by Crippen LogP contribution is -2.50. The number of carboxylic acid groups (broad SMARTS) is 1. The van der Waals surface area contributed by atoms with E-state index in [0.29, 0.717) is 13.2 Å². The first-order valence-electron chi connectivity index (χ1n) is 5.67. The predicted octanol–water partition coefficient (Wildman–Crippen LogP) is 0.0174. The van der Waals surface area contributed by atoms with Gasteiger partial charge in [0.25, 0.3) is 0 Å². The van der Waals surface area contributed by atoms with Crippen molar-refractivity contribution in [2.75, 3.05) is 39.8 Å². The SMILES string of the molecule is CNCC1CN(CC(C)(C)C(=O)O)CCO1. The molecule has 1 aliphatic heterocycles. The van der Waals surface area contributed by atoms with E-state index in [0.717, 1.165) is 19.6 Å². The molecule has 0 radical (unpaired) electrons. The average Bonchev–Trinajstić information content (AvgIpc) is 2.17. The standard InChI is InChI=1S/C11H22N2O3/c1-11(2,10(14)15)8-13-4-5-16-9(7-13)6-12-3/h9,12H,4-8H2,1-3H3,(H,14,15). The zero-order chi connectivity index (χ0) is 12.2. The molecule has 1 rings (SSSR count). The fourth-order valence-corrected chi connectivity index (χ4v) is 1.90. The number of morpholine rings is 1. The Labute approximate surface area is 96.8 Å². The summed E-state index contributed by atoms with van der Waals surface area (Å²) in [5.74, 6) is -0.746. The van der Waals surface area contributed by atoms with E-state index in [1.54, 1.807) is 13.8 Å². The normalized spacial score (nSPS) is 23.3. The lowest BCUT2D eigenvalue weighted by Gasteiger charge is -2.36. The first-order valence-corrected chi connectivity index (χ1v) is 5.67. The van der Waals surface area contributed by atoms with Gasteiger partial charge in [0.2, 0.25) is 0 Å². The molecule has 1 unspecified atom stereocenters. The third-order valence-corrected chi connectivity index (χ3v) is 2.85.